The highest BCUT2D eigenvalue weighted by Gasteiger charge is 2.29. The number of rotatable bonds is 5. The number of likely N-dealkylation sites (tertiary alicyclic amines) is 1. The molecule has 144 valence electrons. The third kappa shape index (κ3) is 5.02. The average Bonchev–Trinajstić information content (AvgIpc) is 2.64. The summed E-state index contributed by atoms with van der Waals surface area (Å²) in [4.78, 5) is 17.6. The van der Waals surface area contributed by atoms with E-state index in [-0.39, 0.29) is 11.9 Å². The summed E-state index contributed by atoms with van der Waals surface area (Å²) in [5.74, 6) is 2.75. The summed E-state index contributed by atoms with van der Waals surface area (Å²) in [6.07, 6.45) is 4.81. The van der Waals surface area contributed by atoms with Gasteiger partial charge >= 0.3 is 0 Å². The number of thioether (sulfide) groups is 1. The molecule has 3 rings (SSSR count). The fourth-order valence-electron chi connectivity index (χ4n) is 4.17. The second-order valence-electron chi connectivity index (χ2n) is 7.94. The van der Waals surface area contributed by atoms with Crippen molar-refractivity contribution in [2.24, 2.45) is 0 Å². The van der Waals surface area contributed by atoms with Gasteiger partial charge in [-0.3, -0.25) is 9.69 Å². The van der Waals surface area contributed by atoms with E-state index in [4.69, 9.17) is 0 Å². The Morgan fingerprint density at radius 1 is 1.12 bits per heavy atom. The average molecular weight is 376 g/mol. The molecule has 0 bridgehead atoms. The van der Waals surface area contributed by atoms with E-state index in [1.54, 1.807) is 0 Å². The van der Waals surface area contributed by atoms with Crippen molar-refractivity contribution in [1.29, 1.82) is 0 Å². The minimum absolute atomic E-state index is 0.131. The van der Waals surface area contributed by atoms with Crippen LogP contribution in [0.4, 0.5) is 0 Å². The number of nitrogens with one attached hydrogen (secondary N) is 1. The van der Waals surface area contributed by atoms with E-state index in [0.29, 0.717) is 6.04 Å². The van der Waals surface area contributed by atoms with Gasteiger partial charge in [-0.1, -0.05) is 29.8 Å². The van der Waals surface area contributed by atoms with Crippen molar-refractivity contribution in [1.82, 2.24) is 15.1 Å². The lowest BCUT2D eigenvalue weighted by atomic mass is 9.99. The topological polar surface area (TPSA) is 35.6 Å². The first kappa shape index (κ1) is 19.7. The zero-order chi connectivity index (χ0) is 18.5. The lowest BCUT2D eigenvalue weighted by molar-refractivity contribution is -0.126. The van der Waals surface area contributed by atoms with E-state index < -0.39 is 0 Å². The van der Waals surface area contributed by atoms with Gasteiger partial charge in [0.15, 0.2) is 0 Å². The molecule has 2 saturated heterocycles. The highest BCUT2D eigenvalue weighted by atomic mass is 32.2. The number of hydrogen-bond acceptors (Lipinski definition) is 4. The number of carbonyl (C=O) groups is 1. The molecule has 2 fully saturated rings. The third-order valence-electron chi connectivity index (χ3n) is 5.74. The van der Waals surface area contributed by atoms with Crippen LogP contribution in [0.3, 0.4) is 0 Å². The summed E-state index contributed by atoms with van der Waals surface area (Å²) < 4.78 is 0. The largest absolute Gasteiger partial charge is 0.352 e. The van der Waals surface area contributed by atoms with Crippen LogP contribution >= 0.6 is 11.8 Å². The maximum atomic E-state index is 13.0. The fraction of sp³-hybridized carbons (Fsp3) is 0.667. The van der Waals surface area contributed by atoms with Crippen LogP contribution in [-0.4, -0.2) is 66.5 Å². The maximum Gasteiger partial charge on any atom is 0.242 e. The Kier molecular flexibility index (Phi) is 7.01. The second-order valence-corrected chi connectivity index (χ2v) is 9.16. The van der Waals surface area contributed by atoms with E-state index in [1.165, 1.54) is 29.9 Å². The molecule has 1 amide bonds. The molecule has 4 nitrogen and oxygen atoms in total. The summed E-state index contributed by atoms with van der Waals surface area (Å²) in [7, 11) is 3.96. The SMILES string of the molecule is Cc1ccc([C@H](C(=O)NC2CCN(C3CCSCC3)CC2)N(C)C)cc1. The molecule has 0 radical (unpaired) electrons. The van der Waals surface area contributed by atoms with Crippen LogP contribution in [0, 0.1) is 6.92 Å². The number of nitrogens with zero attached hydrogens (tertiary/aromatic N) is 2. The molecule has 1 aromatic carbocycles. The van der Waals surface area contributed by atoms with Crippen LogP contribution in [0.25, 0.3) is 0 Å². The molecule has 2 aliphatic rings. The van der Waals surface area contributed by atoms with E-state index in [1.807, 2.05) is 19.0 Å². The van der Waals surface area contributed by atoms with Gasteiger partial charge in [0.05, 0.1) is 0 Å². The Balaban J connectivity index is 1.54. The van der Waals surface area contributed by atoms with Crippen LogP contribution in [0.1, 0.15) is 42.9 Å². The molecule has 1 aromatic rings. The first-order valence-corrected chi connectivity index (χ1v) is 11.0. The fourth-order valence-corrected chi connectivity index (χ4v) is 5.25. The number of carbonyl (C=O) groups excluding carboxylic acids is 1. The highest BCUT2D eigenvalue weighted by molar-refractivity contribution is 7.99. The van der Waals surface area contributed by atoms with Crippen molar-refractivity contribution < 1.29 is 4.79 Å². The van der Waals surface area contributed by atoms with Crippen molar-refractivity contribution in [2.75, 3.05) is 38.7 Å². The molecule has 1 atom stereocenters. The monoisotopic (exact) mass is 375 g/mol. The molecule has 26 heavy (non-hydrogen) atoms. The van der Waals surface area contributed by atoms with Crippen LogP contribution in [-0.2, 0) is 4.79 Å². The van der Waals surface area contributed by atoms with Crippen LogP contribution in [0.15, 0.2) is 24.3 Å². The zero-order valence-electron chi connectivity index (χ0n) is 16.4. The molecule has 1 N–H and O–H groups in total. The standard InChI is InChI=1S/C21H33N3OS/c1-16-4-6-17(7-5-16)20(23(2)3)21(25)22-18-8-12-24(13-9-18)19-10-14-26-15-11-19/h4-7,18-20H,8-15H2,1-3H3,(H,22,25)/t20-/m1/s1. The molecule has 0 saturated carbocycles. The summed E-state index contributed by atoms with van der Waals surface area (Å²) in [5.41, 5.74) is 2.29. The summed E-state index contributed by atoms with van der Waals surface area (Å²) in [6.45, 7) is 4.32. The molecular weight excluding hydrogens is 342 g/mol. The minimum atomic E-state index is -0.219. The summed E-state index contributed by atoms with van der Waals surface area (Å²) >= 11 is 2.09. The first-order chi connectivity index (χ1) is 12.5. The molecule has 0 aliphatic carbocycles. The Morgan fingerprint density at radius 3 is 2.31 bits per heavy atom. The lowest BCUT2D eigenvalue weighted by Gasteiger charge is -2.39. The Bertz CT molecular complexity index is 575. The van der Waals surface area contributed by atoms with Gasteiger partial charge in [-0.25, -0.2) is 0 Å². The number of hydrogen-bond donors (Lipinski definition) is 1. The highest BCUT2D eigenvalue weighted by Crippen LogP contribution is 2.25. The van der Waals surface area contributed by atoms with Gasteiger partial charge in [0.2, 0.25) is 5.91 Å². The number of aryl methyl sites for hydroxylation is 1. The molecule has 0 unspecified atom stereocenters. The number of piperidine rings is 1. The Morgan fingerprint density at radius 2 is 1.73 bits per heavy atom. The van der Waals surface area contributed by atoms with Gasteiger partial charge in [0.1, 0.15) is 6.04 Å². The Labute approximate surface area is 162 Å². The van der Waals surface area contributed by atoms with Crippen molar-refractivity contribution in [3.05, 3.63) is 35.4 Å². The van der Waals surface area contributed by atoms with Crippen molar-refractivity contribution in [2.45, 2.75) is 50.7 Å². The first-order valence-electron chi connectivity index (χ1n) is 9.90. The van der Waals surface area contributed by atoms with Crippen molar-refractivity contribution in [3.8, 4) is 0 Å². The maximum absolute atomic E-state index is 13.0. The van der Waals surface area contributed by atoms with E-state index in [0.717, 1.165) is 37.5 Å². The molecular formula is C21H33N3OS. The molecule has 0 aromatic heterocycles. The predicted molar refractivity (Wildman–Crippen MR) is 111 cm³/mol. The molecule has 2 aliphatic heterocycles. The van der Waals surface area contributed by atoms with Gasteiger partial charge in [0.25, 0.3) is 0 Å². The zero-order valence-corrected chi connectivity index (χ0v) is 17.2. The van der Waals surface area contributed by atoms with E-state index in [9.17, 15) is 4.79 Å². The van der Waals surface area contributed by atoms with Crippen LogP contribution in [0.2, 0.25) is 0 Å². The second kappa shape index (κ2) is 9.25. The number of likely N-dealkylation sites (N-methyl/N-ethyl adjacent to an activating group) is 1. The van der Waals surface area contributed by atoms with Crippen LogP contribution in [0.5, 0.6) is 0 Å². The van der Waals surface area contributed by atoms with E-state index >= 15 is 0 Å². The van der Waals surface area contributed by atoms with Gasteiger partial charge < -0.3 is 10.2 Å². The van der Waals surface area contributed by atoms with Gasteiger partial charge in [-0.05, 0) is 63.8 Å². The molecule has 0 spiro atoms. The Hall–Kier alpha value is -1.04. The number of benzene rings is 1. The summed E-state index contributed by atoms with van der Waals surface area (Å²) in [5, 5.41) is 3.33. The summed E-state index contributed by atoms with van der Waals surface area (Å²) in [6, 6.07) is 9.18. The normalized spacial score (nSPS) is 21.7. The van der Waals surface area contributed by atoms with Gasteiger partial charge in [-0.2, -0.15) is 11.8 Å². The predicted octanol–water partition coefficient (Wildman–Crippen LogP) is 3.07. The third-order valence-corrected chi connectivity index (χ3v) is 6.79. The van der Waals surface area contributed by atoms with Gasteiger partial charge in [0, 0.05) is 25.2 Å². The molecule has 5 heteroatoms. The quantitative estimate of drug-likeness (QED) is 0.858. The van der Waals surface area contributed by atoms with Crippen LogP contribution < -0.4 is 5.32 Å². The minimum Gasteiger partial charge on any atom is -0.352 e. The van der Waals surface area contributed by atoms with Crippen molar-refractivity contribution in [3.63, 3.8) is 0 Å². The van der Waals surface area contributed by atoms with E-state index in [2.05, 4.69) is 53.2 Å². The smallest absolute Gasteiger partial charge is 0.242 e. The lowest BCUT2D eigenvalue weighted by Crippen LogP contribution is -2.50. The van der Waals surface area contributed by atoms with Crippen molar-refractivity contribution >= 4 is 17.7 Å². The molecule has 2 heterocycles. The number of amides is 1. The van der Waals surface area contributed by atoms with Gasteiger partial charge in [-0.15, -0.1) is 0 Å².